The number of anilines is 3. The predicted octanol–water partition coefficient (Wildman–Crippen LogP) is 2.79. The highest BCUT2D eigenvalue weighted by atomic mass is 19.1. The van der Waals surface area contributed by atoms with Crippen LogP contribution in [0.5, 0.6) is 0 Å². The molecule has 3 N–H and O–H groups in total. The lowest BCUT2D eigenvalue weighted by Crippen LogP contribution is -2.30. The molecule has 5 heteroatoms. The first-order valence-corrected chi connectivity index (χ1v) is 6.59. The van der Waals surface area contributed by atoms with Gasteiger partial charge in [-0.15, -0.1) is 0 Å². The monoisotopic (exact) mass is 287 g/mol. The van der Waals surface area contributed by atoms with Crippen molar-refractivity contribution in [2.75, 3.05) is 29.5 Å². The smallest absolute Gasteiger partial charge is 0.243 e. The topological polar surface area (TPSA) is 58.4 Å². The van der Waals surface area contributed by atoms with Crippen molar-refractivity contribution in [3.63, 3.8) is 0 Å². The van der Waals surface area contributed by atoms with Crippen LogP contribution in [-0.4, -0.2) is 19.5 Å². The summed E-state index contributed by atoms with van der Waals surface area (Å²) in [5, 5.41) is 2.80. The summed E-state index contributed by atoms with van der Waals surface area (Å²) in [4.78, 5) is 13.6. The summed E-state index contributed by atoms with van der Waals surface area (Å²) in [6.07, 6.45) is 0. The molecule has 0 spiro atoms. The van der Waals surface area contributed by atoms with Crippen LogP contribution in [0.1, 0.15) is 5.56 Å². The fourth-order valence-corrected chi connectivity index (χ4v) is 2.08. The van der Waals surface area contributed by atoms with Gasteiger partial charge < -0.3 is 16.0 Å². The molecule has 0 bridgehead atoms. The molecule has 0 saturated heterocycles. The van der Waals surface area contributed by atoms with Crippen molar-refractivity contribution in [3.05, 3.63) is 53.8 Å². The summed E-state index contributed by atoms with van der Waals surface area (Å²) in [5.74, 6) is -0.565. The number of carbonyl (C=O) groups is 1. The highest BCUT2D eigenvalue weighted by Gasteiger charge is 2.11. The molecule has 0 aromatic heterocycles. The van der Waals surface area contributed by atoms with E-state index in [1.807, 2.05) is 6.92 Å². The maximum atomic E-state index is 13.6. The van der Waals surface area contributed by atoms with Crippen molar-refractivity contribution in [1.29, 1.82) is 0 Å². The zero-order valence-corrected chi connectivity index (χ0v) is 12.1. The van der Waals surface area contributed by atoms with Crippen LogP contribution < -0.4 is 16.0 Å². The molecule has 0 saturated carbocycles. The molecule has 2 rings (SSSR count). The van der Waals surface area contributed by atoms with Gasteiger partial charge >= 0.3 is 0 Å². The van der Waals surface area contributed by atoms with E-state index in [2.05, 4.69) is 5.32 Å². The molecule has 0 heterocycles. The normalized spacial score (nSPS) is 10.2. The summed E-state index contributed by atoms with van der Waals surface area (Å²) >= 11 is 0. The van der Waals surface area contributed by atoms with Crippen LogP contribution in [0.3, 0.4) is 0 Å². The molecule has 2 aromatic carbocycles. The van der Waals surface area contributed by atoms with Crippen molar-refractivity contribution < 1.29 is 9.18 Å². The van der Waals surface area contributed by atoms with Crippen LogP contribution in [0, 0.1) is 12.7 Å². The van der Waals surface area contributed by atoms with Gasteiger partial charge in [-0.2, -0.15) is 0 Å². The van der Waals surface area contributed by atoms with E-state index in [4.69, 9.17) is 5.73 Å². The highest BCUT2D eigenvalue weighted by Crippen LogP contribution is 2.19. The molecule has 0 unspecified atom stereocenters. The molecule has 21 heavy (non-hydrogen) atoms. The first-order chi connectivity index (χ1) is 9.97. The lowest BCUT2D eigenvalue weighted by atomic mass is 10.2. The van der Waals surface area contributed by atoms with E-state index in [1.54, 1.807) is 48.3 Å². The van der Waals surface area contributed by atoms with Gasteiger partial charge in [0.1, 0.15) is 5.82 Å². The zero-order valence-electron chi connectivity index (χ0n) is 12.1. The first-order valence-electron chi connectivity index (χ1n) is 6.59. The molecule has 110 valence electrons. The van der Waals surface area contributed by atoms with Crippen molar-refractivity contribution in [1.82, 2.24) is 0 Å². The maximum absolute atomic E-state index is 13.6. The van der Waals surface area contributed by atoms with Crippen LogP contribution in [0.15, 0.2) is 42.5 Å². The number of rotatable bonds is 4. The largest absolute Gasteiger partial charge is 0.399 e. The zero-order chi connectivity index (χ0) is 15.4. The van der Waals surface area contributed by atoms with Gasteiger partial charge in [0.25, 0.3) is 0 Å². The van der Waals surface area contributed by atoms with Crippen LogP contribution in [0.25, 0.3) is 0 Å². The third kappa shape index (κ3) is 3.72. The summed E-state index contributed by atoms with van der Waals surface area (Å²) in [6.45, 7) is 1.93. The average molecular weight is 287 g/mol. The van der Waals surface area contributed by atoms with E-state index in [-0.39, 0.29) is 18.3 Å². The molecule has 0 aliphatic carbocycles. The molecule has 4 nitrogen and oxygen atoms in total. The summed E-state index contributed by atoms with van der Waals surface area (Å²) in [5.41, 5.74) is 8.30. The number of para-hydroxylation sites is 1. The lowest BCUT2D eigenvalue weighted by Gasteiger charge is -2.19. The third-order valence-electron chi connectivity index (χ3n) is 3.17. The fourth-order valence-electron chi connectivity index (χ4n) is 2.08. The quantitative estimate of drug-likeness (QED) is 0.850. The van der Waals surface area contributed by atoms with Gasteiger partial charge in [0.2, 0.25) is 5.91 Å². The van der Waals surface area contributed by atoms with Gasteiger partial charge in [0.05, 0.1) is 12.2 Å². The molecular weight excluding hydrogens is 269 g/mol. The number of nitrogens with one attached hydrogen (secondary N) is 1. The first kappa shape index (κ1) is 14.8. The van der Waals surface area contributed by atoms with Crippen molar-refractivity contribution in [2.24, 2.45) is 0 Å². The molecule has 0 atom stereocenters. The van der Waals surface area contributed by atoms with Crippen LogP contribution in [0.2, 0.25) is 0 Å². The third-order valence-corrected chi connectivity index (χ3v) is 3.17. The molecule has 0 radical (unpaired) electrons. The number of amides is 1. The molecule has 2 aromatic rings. The van der Waals surface area contributed by atoms with E-state index < -0.39 is 0 Å². The van der Waals surface area contributed by atoms with Gasteiger partial charge in [-0.3, -0.25) is 4.79 Å². The summed E-state index contributed by atoms with van der Waals surface area (Å²) in [6, 6.07) is 11.6. The second kappa shape index (κ2) is 6.26. The Kier molecular flexibility index (Phi) is 4.42. The van der Waals surface area contributed by atoms with Gasteiger partial charge in [-0.05, 0) is 42.8 Å². The summed E-state index contributed by atoms with van der Waals surface area (Å²) < 4.78 is 13.6. The van der Waals surface area contributed by atoms with Gasteiger partial charge in [-0.1, -0.05) is 12.1 Å². The van der Waals surface area contributed by atoms with E-state index in [9.17, 15) is 9.18 Å². The SMILES string of the molecule is Cc1cc(N)ccc1NC(=O)CN(C)c1ccccc1F. The Morgan fingerprint density at radius 2 is 2.00 bits per heavy atom. The van der Waals surface area contributed by atoms with Gasteiger partial charge in [0, 0.05) is 18.4 Å². The number of nitrogens with two attached hydrogens (primary N) is 1. The number of likely N-dealkylation sites (N-methyl/N-ethyl adjacent to an activating group) is 1. The number of nitrogens with zero attached hydrogens (tertiary/aromatic N) is 1. The second-order valence-corrected chi connectivity index (χ2v) is 4.93. The Morgan fingerprint density at radius 3 is 2.67 bits per heavy atom. The van der Waals surface area contributed by atoms with Crippen LogP contribution >= 0.6 is 0 Å². The van der Waals surface area contributed by atoms with E-state index >= 15 is 0 Å². The van der Waals surface area contributed by atoms with E-state index in [0.29, 0.717) is 17.1 Å². The molecule has 0 aliphatic rings. The maximum Gasteiger partial charge on any atom is 0.243 e. The lowest BCUT2D eigenvalue weighted by molar-refractivity contribution is -0.114. The standard InChI is InChI=1S/C16H18FN3O/c1-11-9-12(18)7-8-14(11)19-16(21)10-20(2)15-6-4-3-5-13(15)17/h3-9H,10,18H2,1-2H3,(H,19,21). The molecule has 1 amide bonds. The minimum absolute atomic E-state index is 0.0603. The minimum atomic E-state index is -0.350. The molecule has 0 fully saturated rings. The average Bonchev–Trinajstić information content (AvgIpc) is 2.42. The second-order valence-electron chi connectivity index (χ2n) is 4.93. The Labute approximate surface area is 123 Å². The van der Waals surface area contributed by atoms with Crippen LogP contribution in [-0.2, 0) is 4.79 Å². The Hall–Kier alpha value is -2.56. The molecular formula is C16H18FN3O. The Morgan fingerprint density at radius 1 is 1.29 bits per heavy atom. The van der Waals surface area contributed by atoms with Crippen LogP contribution in [0.4, 0.5) is 21.5 Å². The minimum Gasteiger partial charge on any atom is -0.399 e. The van der Waals surface area contributed by atoms with Crippen molar-refractivity contribution >= 4 is 23.0 Å². The highest BCUT2D eigenvalue weighted by molar-refractivity contribution is 5.94. The van der Waals surface area contributed by atoms with E-state index in [0.717, 1.165) is 5.56 Å². The number of carbonyl (C=O) groups excluding carboxylic acids is 1. The van der Waals surface area contributed by atoms with Gasteiger partial charge in [-0.25, -0.2) is 4.39 Å². The Balaban J connectivity index is 2.03. The van der Waals surface area contributed by atoms with Crippen molar-refractivity contribution in [2.45, 2.75) is 6.92 Å². The Bertz CT molecular complexity index is 658. The van der Waals surface area contributed by atoms with Crippen molar-refractivity contribution in [3.8, 4) is 0 Å². The number of halogens is 1. The molecule has 0 aliphatic heterocycles. The number of aryl methyl sites for hydroxylation is 1. The summed E-state index contributed by atoms with van der Waals surface area (Å²) in [7, 11) is 1.67. The number of benzene rings is 2. The number of nitrogen functional groups attached to an aromatic ring is 1. The van der Waals surface area contributed by atoms with Gasteiger partial charge in [0.15, 0.2) is 0 Å². The predicted molar refractivity (Wildman–Crippen MR) is 83.9 cm³/mol. The fraction of sp³-hybridized carbons (Fsp3) is 0.188. The van der Waals surface area contributed by atoms with E-state index in [1.165, 1.54) is 6.07 Å². The number of hydrogen-bond donors (Lipinski definition) is 2. The number of hydrogen-bond acceptors (Lipinski definition) is 3.